The maximum atomic E-state index is 11.8. The van der Waals surface area contributed by atoms with E-state index in [9.17, 15) is 9.59 Å². The maximum absolute atomic E-state index is 11.8. The van der Waals surface area contributed by atoms with E-state index in [1.54, 1.807) is 0 Å². The molecule has 0 saturated heterocycles. The van der Waals surface area contributed by atoms with Gasteiger partial charge in [0.15, 0.2) is 0 Å². The van der Waals surface area contributed by atoms with Crippen molar-refractivity contribution >= 4 is 22.7 Å². The lowest BCUT2D eigenvalue weighted by Gasteiger charge is -2.05. The van der Waals surface area contributed by atoms with E-state index in [1.807, 2.05) is 30.5 Å². The smallest absolute Gasteiger partial charge is 0.239 e. The Hall–Kier alpha value is -2.30. The first-order chi connectivity index (χ1) is 10.2. The van der Waals surface area contributed by atoms with Crippen LogP contribution in [0.25, 0.3) is 10.9 Å². The summed E-state index contributed by atoms with van der Waals surface area (Å²) in [5.74, 6) is -0.191. The standard InChI is InChI=1S/C16H19N3O2/c20-15(18-10-16(21)19-12-6-7-12)8-5-11-9-17-14-4-2-1-3-13(11)14/h1-4,9,12,17H,5-8,10H2,(H,18,20)(H,19,21). The number of rotatable bonds is 6. The van der Waals surface area contributed by atoms with E-state index in [1.165, 1.54) is 0 Å². The van der Waals surface area contributed by atoms with Crippen molar-refractivity contribution in [3.63, 3.8) is 0 Å². The van der Waals surface area contributed by atoms with Gasteiger partial charge in [-0.25, -0.2) is 0 Å². The molecule has 21 heavy (non-hydrogen) atoms. The topological polar surface area (TPSA) is 74.0 Å². The van der Waals surface area contributed by atoms with Crippen LogP contribution in [-0.2, 0) is 16.0 Å². The van der Waals surface area contributed by atoms with Gasteiger partial charge in [0.2, 0.25) is 11.8 Å². The molecule has 0 atom stereocenters. The molecule has 2 amide bonds. The molecule has 1 aromatic heterocycles. The molecule has 2 aromatic rings. The molecule has 0 spiro atoms. The Morgan fingerprint density at radius 1 is 1.19 bits per heavy atom. The number of aromatic nitrogens is 1. The fourth-order valence-corrected chi connectivity index (χ4v) is 2.36. The van der Waals surface area contributed by atoms with Gasteiger partial charge in [-0.05, 0) is 30.9 Å². The summed E-state index contributed by atoms with van der Waals surface area (Å²) in [6.45, 7) is 0.0726. The van der Waals surface area contributed by atoms with Crippen LogP contribution in [0.2, 0.25) is 0 Å². The number of aromatic amines is 1. The second kappa shape index (κ2) is 5.99. The molecule has 3 rings (SSSR count). The van der Waals surface area contributed by atoms with E-state index in [0.29, 0.717) is 18.9 Å². The van der Waals surface area contributed by atoms with Crippen molar-refractivity contribution in [3.05, 3.63) is 36.0 Å². The lowest BCUT2D eigenvalue weighted by Crippen LogP contribution is -2.37. The molecule has 5 heteroatoms. The highest BCUT2D eigenvalue weighted by Gasteiger charge is 2.23. The van der Waals surface area contributed by atoms with Crippen molar-refractivity contribution in [2.75, 3.05) is 6.54 Å². The highest BCUT2D eigenvalue weighted by molar-refractivity contribution is 5.86. The van der Waals surface area contributed by atoms with E-state index in [4.69, 9.17) is 0 Å². The summed E-state index contributed by atoms with van der Waals surface area (Å²) < 4.78 is 0. The second-order valence-corrected chi connectivity index (χ2v) is 5.48. The molecule has 0 unspecified atom stereocenters. The summed E-state index contributed by atoms with van der Waals surface area (Å²) in [5.41, 5.74) is 2.21. The van der Waals surface area contributed by atoms with Crippen molar-refractivity contribution < 1.29 is 9.59 Å². The molecule has 1 aliphatic carbocycles. The van der Waals surface area contributed by atoms with Gasteiger partial charge in [-0.1, -0.05) is 18.2 Å². The molecule has 3 N–H and O–H groups in total. The minimum atomic E-state index is -0.0991. The normalized spacial score (nSPS) is 14.1. The largest absolute Gasteiger partial charge is 0.361 e. The number of nitrogens with one attached hydrogen (secondary N) is 3. The van der Waals surface area contributed by atoms with Crippen molar-refractivity contribution in [3.8, 4) is 0 Å². The Labute approximate surface area is 123 Å². The van der Waals surface area contributed by atoms with Crippen molar-refractivity contribution in [1.82, 2.24) is 15.6 Å². The second-order valence-electron chi connectivity index (χ2n) is 5.48. The molecule has 1 saturated carbocycles. The summed E-state index contributed by atoms with van der Waals surface area (Å²) in [7, 11) is 0. The summed E-state index contributed by atoms with van der Waals surface area (Å²) in [6, 6.07) is 8.36. The summed E-state index contributed by atoms with van der Waals surface area (Å²) >= 11 is 0. The lowest BCUT2D eigenvalue weighted by molar-refractivity contribution is -0.126. The number of benzene rings is 1. The van der Waals surface area contributed by atoms with E-state index in [2.05, 4.69) is 15.6 Å². The van der Waals surface area contributed by atoms with Crippen LogP contribution in [0.4, 0.5) is 0 Å². The van der Waals surface area contributed by atoms with Crippen LogP contribution in [0.1, 0.15) is 24.8 Å². The molecule has 110 valence electrons. The van der Waals surface area contributed by atoms with Crippen LogP contribution in [0.3, 0.4) is 0 Å². The molecule has 1 fully saturated rings. The molecular formula is C16H19N3O2. The Morgan fingerprint density at radius 2 is 2.00 bits per heavy atom. The minimum absolute atomic E-state index is 0.0726. The monoisotopic (exact) mass is 285 g/mol. The Kier molecular flexibility index (Phi) is 3.90. The first-order valence-corrected chi connectivity index (χ1v) is 7.33. The lowest BCUT2D eigenvalue weighted by atomic mass is 10.1. The number of hydrogen-bond donors (Lipinski definition) is 3. The third kappa shape index (κ3) is 3.62. The van der Waals surface area contributed by atoms with Gasteiger partial charge in [0.1, 0.15) is 0 Å². The van der Waals surface area contributed by atoms with Gasteiger partial charge in [0.05, 0.1) is 6.54 Å². The maximum Gasteiger partial charge on any atom is 0.239 e. The van der Waals surface area contributed by atoms with Crippen LogP contribution >= 0.6 is 0 Å². The average Bonchev–Trinajstić information content (AvgIpc) is 3.20. The van der Waals surface area contributed by atoms with Crippen LogP contribution in [0.15, 0.2) is 30.5 Å². The fraction of sp³-hybridized carbons (Fsp3) is 0.375. The van der Waals surface area contributed by atoms with Gasteiger partial charge in [-0.3, -0.25) is 9.59 Å². The quantitative estimate of drug-likeness (QED) is 0.752. The Morgan fingerprint density at radius 3 is 2.81 bits per heavy atom. The highest BCUT2D eigenvalue weighted by Crippen LogP contribution is 2.19. The molecule has 0 bridgehead atoms. The van der Waals surface area contributed by atoms with Crippen LogP contribution in [-0.4, -0.2) is 29.4 Å². The molecule has 0 aliphatic heterocycles. The van der Waals surface area contributed by atoms with Crippen molar-refractivity contribution in [2.24, 2.45) is 0 Å². The van der Waals surface area contributed by atoms with Gasteiger partial charge >= 0.3 is 0 Å². The van der Waals surface area contributed by atoms with Gasteiger partial charge < -0.3 is 15.6 Å². The number of hydrogen-bond acceptors (Lipinski definition) is 2. The number of H-pyrrole nitrogens is 1. The van der Waals surface area contributed by atoms with Crippen molar-refractivity contribution in [2.45, 2.75) is 31.7 Å². The van der Waals surface area contributed by atoms with E-state index in [0.717, 1.165) is 29.3 Å². The predicted octanol–water partition coefficient (Wildman–Crippen LogP) is 1.50. The number of para-hydroxylation sites is 1. The van der Waals surface area contributed by atoms with Crippen LogP contribution in [0.5, 0.6) is 0 Å². The molecule has 5 nitrogen and oxygen atoms in total. The third-order valence-electron chi connectivity index (χ3n) is 3.68. The van der Waals surface area contributed by atoms with Gasteiger partial charge in [0, 0.05) is 29.6 Å². The van der Waals surface area contributed by atoms with Crippen molar-refractivity contribution in [1.29, 1.82) is 0 Å². The van der Waals surface area contributed by atoms with Gasteiger partial charge in [-0.15, -0.1) is 0 Å². The summed E-state index contributed by atoms with van der Waals surface area (Å²) in [4.78, 5) is 26.4. The molecule has 0 radical (unpaired) electrons. The first-order valence-electron chi connectivity index (χ1n) is 7.33. The van der Waals surface area contributed by atoms with Gasteiger partial charge in [0.25, 0.3) is 0 Å². The van der Waals surface area contributed by atoms with E-state index < -0.39 is 0 Å². The average molecular weight is 285 g/mol. The number of carbonyl (C=O) groups is 2. The molecule has 1 aromatic carbocycles. The van der Waals surface area contributed by atoms with Crippen LogP contribution < -0.4 is 10.6 Å². The zero-order valence-electron chi connectivity index (χ0n) is 11.8. The SMILES string of the molecule is O=C(CCc1c[nH]c2ccccc12)NCC(=O)NC1CC1. The highest BCUT2D eigenvalue weighted by atomic mass is 16.2. The fourth-order valence-electron chi connectivity index (χ4n) is 2.36. The number of carbonyl (C=O) groups excluding carboxylic acids is 2. The Bertz CT molecular complexity index is 658. The Balaban J connectivity index is 1.45. The third-order valence-corrected chi connectivity index (χ3v) is 3.68. The first kappa shape index (κ1) is 13.7. The predicted molar refractivity (Wildman–Crippen MR) is 80.8 cm³/mol. The summed E-state index contributed by atoms with van der Waals surface area (Å²) in [5, 5.41) is 6.66. The number of amides is 2. The van der Waals surface area contributed by atoms with E-state index >= 15 is 0 Å². The number of aryl methyl sites for hydroxylation is 1. The van der Waals surface area contributed by atoms with Gasteiger partial charge in [-0.2, -0.15) is 0 Å². The minimum Gasteiger partial charge on any atom is -0.361 e. The zero-order valence-corrected chi connectivity index (χ0v) is 11.8. The number of fused-ring (bicyclic) bond motifs is 1. The van der Waals surface area contributed by atoms with Crippen LogP contribution in [0, 0.1) is 0 Å². The molecular weight excluding hydrogens is 266 g/mol. The van der Waals surface area contributed by atoms with E-state index in [-0.39, 0.29) is 18.4 Å². The molecule has 1 aliphatic rings. The zero-order chi connectivity index (χ0) is 14.7. The summed E-state index contributed by atoms with van der Waals surface area (Å²) in [6.07, 6.45) is 5.11. The molecule has 1 heterocycles.